The van der Waals surface area contributed by atoms with E-state index < -0.39 is 46.3 Å². The minimum atomic E-state index is -1.00. The van der Waals surface area contributed by atoms with Gasteiger partial charge in [0.15, 0.2) is 0 Å². The molecule has 0 aliphatic carbocycles. The highest BCUT2D eigenvalue weighted by Gasteiger charge is 2.33. The molecular formula is C30H32F3N5O4. The Morgan fingerprint density at radius 1 is 1.07 bits per heavy atom. The molecule has 2 unspecified atom stereocenters. The molecule has 4 heterocycles. The van der Waals surface area contributed by atoms with Crippen molar-refractivity contribution in [1.82, 2.24) is 15.3 Å². The van der Waals surface area contributed by atoms with Crippen LogP contribution >= 0.6 is 0 Å². The smallest absolute Gasteiger partial charge is 0.407 e. The summed E-state index contributed by atoms with van der Waals surface area (Å²) in [6.45, 7) is 8.95. The number of alkyl carbamates (subject to hydrolysis) is 1. The fourth-order valence-corrected chi connectivity index (χ4v) is 5.35. The first-order chi connectivity index (χ1) is 19.9. The molecule has 12 heteroatoms. The van der Waals surface area contributed by atoms with E-state index in [0.29, 0.717) is 43.4 Å². The van der Waals surface area contributed by atoms with Crippen LogP contribution in [-0.4, -0.2) is 53.3 Å². The number of benzene rings is 1. The lowest BCUT2D eigenvalue weighted by molar-refractivity contribution is 0.0495. The Balaban J connectivity index is 1.44. The largest absolute Gasteiger partial charge is 0.477 e. The van der Waals surface area contributed by atoms with Gasteiger partial charge in [0.25, 0.3) is 5.91 Å². The summed E-state index contributed by atoms with van der Waals surface area (Å²) in [4.78, 5) is 36.3. The maximum atomic E-state index is 14.6. The van der Waals surface area contributed by atoms with Crippen LogP contribution in [0.2, 0.25) is 0 Å². The topological polar surface area (TPSA) is 106 Å². The Morgan fingerprint density at radius 3 is 2.52 bits per heavy atom. The van der Waals surface area contributed by atoms with Crippen molar-refractivity contribution in [3.63, 3.8) is 0 Å². The molecule has 0 bridgehead atoms. The number of piperidine rings is 1. The van der Waals surface area contributed by atoms with Gasteiger partial charge in [-0.1, -0.05) is 13.0 Å². The fourth-order valence-electron chi connectivity index (χ4n) is 5.35. The van der Waals surface area contributed by atoms with E-state index in [-0.39, 0.29) is 17.7 Å². The summed E-state index contributed by atoms with van der Waals surface area (Å²) < 4.78 is 54.5. The van der Waals surface area contributed by atoms with Crippen molar-refractivity contribution < 1.29 is 32.2 Å². The number of fused-ring (bicyclic) bond motifs is 1. The van der Waals surface area contributed by atoms with E-state index in [4.69, 9.17) is 9.47 Å². The van der Waals surface area contributed by atoms with Gasteiger partial charge in [0, 0.05) is 31.1 Å². The van der Waals surface area contributed by atoms with Gasteiger partial charge in [0.1, 0.15) is 34.4 Å². The second kappa shape index (κ2) is 11.5. The highest BCUT2D eigenvalue weighted by atomic mass is 19.1. The number of anilines is 2. The van der Waals surface area contributed by atoms with E-state index in [0.717, 1.165) is 42.3 Å². The first kappa shape index (κ1) is 29.2. The van der Waals surface area contributed by atoms with Gasteiger partial charge in [-0.25, -0.2) is 27.9 Å². The molecule has 2 amide bonds. The third-order valence-corrected chi connectivity index (χ3v) is 6.92. The SMILES string of the molecule is CC1CC(NC(=O)OC(C)(C)C)CN(c2c(NC(=O)c3ccc(F)c(-c4c(F)cccc4F)n3)cnc3c2CCO3)C1. The van der Waals surface area contributed by atoms with Crippen molar-refractivity contribution in [3.05, 3.63) is 65.2 Å². The minimum Gasteiger partial charge on any atom is -0.477 e. The molecule has 2 N–H and O–H groups in total. The van der Waals surface area contributed by atoms with Crippen LogP contribution in [0.5, 0.6) is 5.88 Å². The van der Waals surface area contributed by atoms with E-state index in [9.17, 15) is 22.8 Å². The maximum absolute atomic E-state index is 14.6. The Hall–Kier alpha value is -4.35. The molecule has 0 saturated carbocycles. The van der Waals surface area contributed by atoms with E-state index in [1.807, 2.05) is 0 Å². The molecule has 2 aliphatic rings. The Kier molecular flexibility index (Phi) is 7.98. The summed E-state index contributed by atoms with van der Waals surface area (Å²) in [5.74, 6) is -3.06. The lowest BCUT2D eigenvalue weighted by Crippen LogP contribution is -2.51. The van der Waals surface area contributed by atoms with E-state index in [1.165, 1.54) is 6.20 Å². The average Bonchev–Trinajstić information content (AvgIpc) is 3.36. The number of aromatic nitrogens is 2. The van der Waals surface area contributed by atoms with Crippen molar-refractivity contribution in [1.29, 1.82) is 0 Å². The molecule has 2 aromatic heterocycles. The fraction of sp³-hybridized carbons (Fsp3) is 0.400. The molecule has 3 aromatic rings. The summed E-state index contributed by atoms with van der Waals surface area (Å²) in [6.07, 6.45) is 2.24. The predicted octanol–water partition coefficient (Wildman–Crippen LogP) is 5.49. The third kappa shape index (κ3) is 6.27. The standard InChI is InChI=1S/C30H32F3N5O4/c1-16-12-17(35-29(40)42-30(2,3)4)15-38(14-16)26-18-10-11-41-28(18)34-13-23(26)37-27(39)22-9-8-21(33)25(36-22)24-19(31)6-5-7-20(24)32/h5-9,13,16-17H,10-12,14-15H2,1-4H3,(H,35,40)(H,37,39). The maximum Gasteiger partial charge on any atom is 0.407 e. The van der Waals surface area contributed by atoms with Gasteiger partial charge in [-0.2, -0.15) is 0 Å². The van der Waals surface area contributed by atoms with Gasteiger partial charge in [-0.3, -0.25) is 4.79 Å². The number of hydrogen-bond acceptors (Lipinski definition) is 7. The van der Waals surface area contributed by atoms with Crippen molar-refractivity contribution in [2.24, 2.45) is 5.92 Å². The molecule has 0 radical (unpaired) electrons. The third-order valence-electron chi connectivity index (χ3n) is 6.92. The van der Waals surface area contributed by atoms with Gasteiger partial charge < -0.3 is 25.0 Å². The van der Waals surface area contributed by atoms with Crippen molar-refractivity contribution in [2.45, 2.75) is 52.2 Å². The van der Waals surface area contributed by atoms with Crippen molar-refractivity contribution in [2.75, 3.05) is 29.9 Å². The highest BCUT2D eigenvalue weighted by Crippen LogP contribution is 2.40. The number of pyridine rings is 2. The average molecular weight is 584 g/mol. The number of nitrogens with zero attached hydrogens (tertiary/aromatic N) is 3. The zero-order valence-electron chi connectivity index (χ0n) is 23.8. The summed E-state index contributed by atoms with van der Waals surface area (Å²) >= 11 is 0. The molecule has 1 saturated heterocycles. The number of halogens is 3. The second-order valence-corrected chi connectivity index (χ2v) is 11.6. The molecule has 2 aliphatic heterocycles. The normalized spacial score (nSPS) is 18.2. The summed E-state index contributed by atoms with van der Waals surface area (Å²) in [5, 5.41) is 5.75. The molecule has 0 spiro atoms. The van der Waals surface area contributed by atoms with Crippen LogP contribution in [0.15, 0.2) is 36.5 Å². The predicted molar refractivity (Wildman–Crippen MR) is 150 cm³/mol. The van der Waals surface area contributed by atoms with Gasteiger partial charge in [0.05, 0.1) is 29.7 Å². The number of hydrogen-bond donors (Lipinski definition) is 2. The number of carbonyl (C=O) groups excluding carboxylic acids is 2. The second-order valence-electron chi connectivity index (χ2n) is 11.6. The van der Waals surface area contributed by atoms with Crippen LogP contribution in [0.25, 0.3) is 11.3 Å². The first-order valence-corrected chi connectivity index (χ1v) is 13.7. The number of rotatable bonds is 5. The van der Waals surface area contributed by atoms with Crippen LogP contribution in [0.3, 0.4) is 0 Å². The van der Waals surface area contributed by atoms with Crippen molar-refractivity contribution >= 4 is 23.4 Å². The minimum absolute atomic E-state index is 0.186. The van der Waals surface area contributed by atoms with Crippen LogP contribution in [0.4, 0.5) is 29.3 Å². The van der Waals surface area contributed by atoms with Gasteiger partial charge in [-0.15, -0.1) is 0 Å². The summed E-state index contributed by atoms with van der Waals surface area (Å²) in [5.41, 5.74) is -0.299. The van der Waals surface area contributed by atoms with Crippen molar-refractivity contribution in [3.8, 4) is 17.1 Å². The number of amides is 2. The Labute approximate surface area is 241 Å². The first-order valence-electron chi connectivity index (χ1n) is 13.7. The molecule has 9 nitrogen and oxygen atoms in total. The Morgan fingerprint density at radius 2 is 1.81 bits per heavy atom. The zero-order valence-corrected chi connectivity index (χ0v) is 23.8. The molecule has 5 rings (SSSR count). The lowest BCUT2D eigenvalue weighted by atomic mass is 9.94. The van der Waals surface area contributed by atoms with Crippen LogP contribution in [0.1, 0.15) is 50.2 Å². The summed E-state index contributed by atoms with van der Waals surface area (Å²) in [6, 6.07) is 4.99. The molecular weight excluding hydrogens is 551 g/mol. The van der Waals surface area contributed by atoms with Gasteiger partial charge >= 0.3 is 6.09 Å². The van der Waals surface area contributed by atoms with E-state index in [2.05, 4.69) is 32.4 Å². The van der Waals surface area contributed by atoms with Crippen LogP contribution < -0.4 is 20.3 Å². The number of ether oxygens (including phenoxy) is 2. The highest BCUT2D eigenvalue weighted by molar-refractivity contribution is 6.05. The molecule has 1 fully saturated rings. The van der Waals surface area contributed by atoms with Gasteiger partial charge in [0.2, 0.25) is 5.88 Å². The van der Waals surface area contributed by atoms with Crippen LogP contribution in [0, 0.1) is 23.4 Å². The van der Waals surface area contributed by atoms with Crippen LogP contribution in [-0.2, 0) is 11.2 Å². The summed E-state index contributed by atoms with van der Waals surface area (Å²) in [7, 11) is 0. The number of nitrogens with one attached hydrogen (secondary N) is 2. The quantitative estimate of drug-likeness (QED) is 0.409. The van der Waals surface area contributed by atoms with E-state index >= 15 is 0 Å². The van der Waals surface area contributed by atoms with Gasteiger partial charge in [-0.05, 0) is 57.4 Å². The molecule has 222 valence electrons. The Bertz CT molecular complexity index is 1510. The molecule has 42 heavy (non-hydrogen) atoms. The molecule has 1 aromatic carbocycles. The zero-order chi connectivity index (χ0) is 30.2. The monoisotopic (exact) mass is 583 g/mol. The lowest BCUT2D eigenvalue weighted by Gasteiger charge is -2.39. The number of carbonyl (C=O) groups is 2. The van der Waals surface area contributed by atoms with E-state index in [1.54, 1.807) is 20.8 Å². The molecule has 2 atom stereocenters.